The van der Waals surface area contributed by atoms with Gasteiger partial charge in [-0.1, -0.05) is 29.8 Å². The monoisotopic (exact) mass is 341 g/mol. The molecule has 4 rings (SSSR count). The van der Waals surface area contributed by atoms with Gasteiger partial charge in [-0.2, -0.15) is 0 Å². The predicted molar refractivity (Wildman–Crippen MR) is 97.2 cm³/mol. The molecule has 2 fully saturated rings. The van der Waals surface area contributed by atoms with Crippen molar-refractivity contribution < 1.29 is 4.79 Å². The van der Waals surface area contributed by atoms with Gasteiger partial charge in [0.15, 0.2) is 0 Å². The smallest absolute Gasteiger partial charge is 0.274 e. The molecule has 2 heterocycles. The third-order valence-corrected chi connectivity index (χ3v) is 6.45. The van der Waals surface area contributed by atoms with Crippen LogP contribution in [0.15, 0.2) is 24.3 Å². The number of carbonyl (C=O) groups excluding carboxylic acids is 1. The fourth-order valence-electron chi connectivity index (χ4n) is 4.39. The number of benzene rings is 1. The molecule has 3 atom stereocenters. The van der Waals surface area contributed by atoms with Crippen LogP contribution in [0.25, 0.3) is 10.4 Å². The fraction of sp³-hybridized carbons (Fsp3) is 0.474. The molecule has 0 unspecified atom stereocenters. The van der Waals surface area contributed by atoms with Gasteiger partial charge in [-0.15, -0.1) is 11.3 Å². The molecule has 1 amide bonds. The molecule has 1 saturated carbocycles. The van der Waals surface area contributed by atoms with E-state index in [0.29, 0.717) is 24.2 Å². The summed E-state index contributed by atoms with van der Waals surface area (Å²) >= 11 is 1.60. The molecule has 2 aromatic rings. The Balaban J connectivity index is 1.73. The van der Waals surface area contributed by atoms with Crippen molar-refractivity contribution in [1.82, 2.24) is 9.88 Å². The van der Waals surface area contributed by atoms with E-state index in [1.807, 2.05) is 17.9 Å². The molecule has 24 heavy (non-hydrogen) atoms. The first-order valence-corrected chi connectivity index (χ1v) is 9.47. The Labute approximate surface area is 146 Å². The van der Waals surface area contributed by atoms with Crippen molar-refractivity contribution in [1.29, 1.82) is 0 Å². The minimum atomic E-state index is 0.0681. The third-order valence-electron chi connectivity index (χ3n) is 5.43. The summed E-state index contributed by atoms with van der Waals surface area (Å²) in [6, 6.07) is 8.83. The second-order valence-corrected chi connectivity index (χ2v) is 8.23. The summed E-state index contributed by atoms with van der Waals surface area (Å²) in [5, 5.41) is 0.934. The van der Waals surface area contributed by atoms with Crippen molar-refractivity contribution in [2.75, 3.05) is 6.54 Å². The molecule has 5 heteroatoms. The quantitative estimate of drug-likeness (QED) is 0.931. The maximum Gasteiger partial charge on any atom is 0.274 e. The largest absolute Gasteiger partial charge is 0.330 e. The van der Waals surface area contributed by atoms with Gasteiger partial charge in [0.05, 0.1) is 9.88 Å². The number of thiazole rings is 1. The number of fused-ring (bicyclic) bond motifs is 2. The van der Waals surface area contributed by atoms with E-state index < -0.39 is 0 Å². The molecule has 4 nitrogen and oxygen atoms in total. The number of aryl methyl sites for hydroxylation is 2. The van der Waals surface area contributed by atoms with E-state index in [4.69, 9.17) is 5.73 Å². The van der Waals surface area contributed by atoms with Crippen LogP contribution in [0.2, 0.25) is 0 Å². The number of nitrogens with zero attached hydrogens (tertiary/aromatic N) is 2. The number of rotatable bonds is 3. The summed E-state index contributed by atoms with van der Waals surface area (Å²) in [5.41, 5.74) is 8.87. The van der Waals surface area contributed by atoms with Crippen LogP contribution in [-0.4, -0.2) is 34.4 Å². The summed E-state index contributed by atoms with van der Waals surface area (Å²) in [6.07, 6.45) is 3.42. The number of hydrogen-bond donors (Lipinski definition) is 1. The van der Waals surface area contributed by atoms with Crippen LogP contribution in [0, 0.1) is 19.8 Å². The number of hydrogen-bond acceptors (Lipinski definition) is 4. The van der Waals surface area contributed by atoms with Crippen LogP contribution in [0.5, 0.6) is 0 Å². The maximum atomic E-state index is 13.3. The van der Waals surface area contributed by atoms with Gasteiger partial charge in [0, 0.05) is 18.6 Å². The van der Waals surface area contributed by atoms with E-state index in [-0.39, 0.29) is 11.9 Å². The zero-order chi connectivity index (χ0) is 16.8. The molecule has 0 spiro atoms. The molecule has 1 aromatic carbocycles. The van der Waals surface area contributed by atoms with Gasteiger partial charge in [0.2, 0.25) is 0 Å². The number of likely N-dealkylation sites (tertiary alicyclic amines) is 1. The molecule has 1 aliphatic heterocycles. The van der Waals surface area contributed by atoms with Crippen LogP contribution in [0.1, 0.15) is 40.3 Å². The van der Waals surface area contributed by atoms with Gasteiger partial charge < -0.3 is 10.6 Å². The number of piperidine rings is 1. The topological polar surface area (TPSA) is 59.2 Å². The molecule has 1 aliphatic carbocycles. The van der Waals surface area contributed by atoms with E-state index in [1.54, 1.807) is 11.3 Å². The average Bonchev–Trinajstić information content (AvgIpc) is 3.27. The second kappa shape index (κ2) is 5.97. The van der Waals surface area contributed by atoms with E-state index in [2.05, 4.69) is 30.1 Å². The SMILES string of the molecule is Cc1cccc(-c2sc(C)nc2C(=O)N2[C@@H]3CC[C@@H](C3)[C@H]2CN)c1. The minimum Gasteiger partial charge on any atom is -0.330 e. The normalized spacial score (nSPS) is 25.5. The Morgan fingerprint density at radius 2 is 2.21 bits per heavy atom. The summed E-state index contributed by atoms with van der Waals surface area (Å²) in [7, 11) is 0. The first kappa shape index (κ1) is 15.8. The minimum absolute atomic E-state index is 0.0681. The maximum absolute atomic E-state index is 13.3. The number of nitrogens with two attached hydrogens (primary N) is 1. The molecule has 2 aliphatic rings. The fourth-order valence-corrected chi connectivity index (χ4v) is 5.30. The molecule has 126 valence electrons. The Morgan fingerprint density at radius 1 is 1.38 bits per heavy atom. The lowest BCUT2D eigenvalue weighted by Gasteiger charge is -2.34. The van der Waals surface area contributed by atoms with E-state index in [9.17, 15) is 4.79 Å². The standard InChI is InChI=1S/C19H23N3OS/c1-11-4-3-5-14(8-11)18-17(21-12(2)24-18)19(23)22-15-7-6-13(9-15)16(22)10-20/h3-5,8,13,15-16H,6-7,9-10,20H2,1-2H3/t13-,15+,16+/m0/s1. The lowest BCUT2D eigenvalue weighted by molar-refractivity contribution is 0.0597. The van der Waals surface area contributed by atoms with Gasteiger partial charge in [0.25, 0.3) is 5.91 Å². The molecule has 2 bridgehead atoms. The molecule has 0 radical (unpaired) electrons. The molecular formula is C19H23N3OS. The van der Waals surface area contributed by atoms with Crippen LogP contribution < -0.4 is 5.73 Å². The van der Waals surface area contributed by atoms with Crippen LogP contribution in [0.3, 0.4) is 0 Å². The number of carbonyl (C=O) groups is 1. The highest BCUT2D eigenvalue weighted by atomic mass is 32.1. The zero-order valence-electron chi connectivity index (χ0n) is 14.2. The predicted octanol–water partition coefficient (Wildman–Crippen LogP) is 3.38. The van der Waals surface area contributed by atoms with Gasteiger partial charge in [0.1, 0.15) is 5.69 Å². The Morgan fingerprint density at radius 3 is 2.96 bits per heavy atom. The van der Waals surface area contributed by atoms with Crippen molar-refractivity contribution in [3.63, 3.8) is 0 Å². The van der Waals surface area contributed by atoms with E-state index in [0.717, 1.165) is 28.3 Å². The van der Waals surface area contributed by atoms with Crippen molar-refractivity contribution in [3.05, 3.63) is 40.5 Å². The Hall–Kier alpha value is -1.72. The van der Waals surface area contributed by atoms with Crippen LogP contribution in [-0.2, 0) is 0 Å². The zero-order valence-corrected chi connectivity index (χ0v) is 15.0. The van der Waals surface area contributed by atoms with Gasteiger partial charge >= 0.3 is 0 Å². The van der Waals surface area contributed by atoms with Crippen molar-refractivity contribution in [2.24, 2.45) is 11.7 Å². The van der Waals surface area contributed by atoms with Crippen LogP contribution in [0.4, 0.5) is 0 Å². The third kappa shape index (κ3) is 2.47. The highest BCUT2D eigenvalue weighted by molar-refractivity contribution is 7.15. The van der Waals surface area contributed by atoms with Gasteiger partial charge in [-0.25, -0.2) is 4.98 Å². The van der Waals surface area contributed by atoms with Crippen molar-refractivity contribution in [2.45, 2.75) is 45.2 Å². The Bertz CT molecular complexity index is 785. The second-order valence-electron chi connectivity index (χ2n) is 7.02. The van der Waals surface area contributed by atoms with Crippen molar-refractivity contribution >= 4 is 17.2 Å². The lowest BCUT2D eigenvalue weighted by Crippen LogP contribution is -2.48. The summed E-state index contributed by atoms with van der Waals surface area (Å²) in [6.45, 7) is 4.59. The molecule has 2 N–H and O–H groups in total. The van der Waals surface area contributed by atoms with Gasteiger partial charge in [-0.05, 0) is 44.6 Å². The van der Waals surface area contributed by atoms with E-state index in [1.165, 1.54) is 12.0 Å². The summed E-state index contributed by atoms with van der Waals surface area (Å²) < 4.78 is 0. The molecule has 1 saturated heterocycles. The molecule has 1 aromatic heterocycles. The highest BCUT2D eigenvalue weighted by Crippen LogP contribution is 2.43. The molecular weight excluding hydrogens is 318 g/mol. The van der Waals surface area contributed by atoms with Gasteiger partial charge in [-0.3, -0.25) is 4.79 Å². The first-order valence-electron chi connectivity index (χ1n) is 8.65. The number of aromatic nitrogens is 1. The lowest BCUT2D eigenvalue weighted by atomic mass is 9.98. The van der Waals surface area contributed by atoms with Crippen LogP contribution >= 0.6 is 11.3 Å². The average molecular weight is 341 g/mol. The summed E-state index contributed by atoms with van der Waals surface area (Å²) in [5.74, 6) is 0.643. The summed E-state index contributed by atoms with van der Waals surface area (Å²) in [4.78, 5) is 20.9. The Kier molecular flexibility index (Phi) is 3.93. The van der Waals surface area contributed by atoms with Crippen molar-refractivity contribution in [3.8, 4) is 10.4 Å². The highest BCUT2D eigenvalue weighted by Gasteiger charge is 2.48. The number of amides is 1. The van der Waals surface area contributed by atoms with E-state index >= 15 is 0 Å². The first-order chi connectivity index (χ1) is 11.6.